The quantitative estimate of drug-likeness (QED) is 0.582. The van der Waals surface area contributed by atoms with Crippen LogP contribution in [0.2, 0.25) is 0 Å². The van der Waals surface area contributed by atoms with Crippen LogP contribution in [-0.2, 0) is 14.3 Å². The summed E-state index contributed by atoms with van der Waals surface area (Å²) in [6.45, 7) is -0.0617. The van der Waals surface area contributed by atoms with Crippen molar-refractivity contribution in [1.82, 2.24) is 5.32 Å². The Morgan fingerprint density at radius 1 is 1.37 bits per heavy atom. The molecule has 0 radical (unpaired) electrons. The Balaban J connectivity index is 2.52. The first-order chi connectivity index (χ1) is 9.19. The van der Waals surface area contributed by atoms with Gasteiger partial charge in [0.25, 0.3) is 0 Å². The maximum absolute atomic E-state index is 11.9. The fourth-order valence-corrected chi connectivity index (χ4v) is 1.53. The van der Waals surface area contributed by atoms with Gasteiger partial charge in [-0.05, 0) is 5.56 Å². The van der Waals surface area contributed by atoms with Crippen LogP contribution in [0.15, 0.2) is 42.5 Å². The maximum Gasteiger partial charge on any atom is 0.330 e. The highest BCUT2D eigenvalue weighted by Crippen LogP contribution is 2.14. The summed E-state index contributed by atoms with van der Waals surface area (Å²) >= 11 is 0. The van der Waals surface area contributed by atoms with Crippen LogP contribution < -0.4 is 5.32 Å². The summed E-state index contributed by atoms with van der Waals surface area (Å²) in [7, 11) is 1.28. The summed E-state index contributed by atoms with van der Waals surface area (Å²) in [4.78, 5) is 22.7. The van der Waals surface area contributed by atoms with E-state index in [1.807, 2.05) is 18.2 Å². The molecule has 1 amide bonds. The van der Waals surface area contributed by atoms with Crippen molar-refractivity contribution < 1.29 is 19.4 Å². The van der Waals surface area contributed by atoms with Crippen molar-refractivity contribution in [3.63, 3.8) is 0 Å². The zero-order valence-electron chi connectivity index (χ0n) is 10.7. The number of hydrogen-bond acceptors (Lipinski definition) is 4. The molecule has 102 valence electrons. The minimum Gasteiger partial charge on any atom is -0.466 e. The van der Waals surface area contributed by atoms with E-state index in [9.17, 15) is 14.7 Å². The zero-order valence-corrected chi connectivity index (χ0v) is 10.7. The molecule has 0 fully saturated rings. The van der Waals surface area contributed by atoms with E-state index in [0.717, 1.165) is 5.56 Å². The standard InChI is InChI=1S/C14H17NO4/c1-19-13(17)8-5-9-15-14(18)12(10-16)11-6-3-2-4-7-11/h2-8,12,16H,9-10H2,1H3,(H,15,18)/b8-5+. The van der Waals surface area contributed by atoms with Crippen molar-refractivity contribution in [3.05, 3.63) is 48.0 Å². The number of amides is 1. The molecule has 1 unspecified atom stereocenters. The molecule has 5 heteroatoms. The summed E-state index contributed by atoms with van der Waals surface area (Å²) in [5.41, 5.74) is 0.749. The summed E-state index contributed by atoms with van der Waals surface area (Å²) < 4.78 is 4.42. The number of aliphatic hydroxyl groups is 1. The number of rotatable bonds is 6. The topological polar surface area (TPSA) is 75.6 Å². The number of hydrogen-bond donors (Lipinski definition) is 2. The van der Waals surface area contributed by atoms with E-state index in [-0.39, 0.29) is 19.1 Å². The van der Waals surface area contributed by atoms with Crippen LogP contribution in [-0.4, -0.2) is 37.2 Å². The van der Waals surface area contributed by atoms with Gasteiger partial charge in [0.1, 0.15) is 0 Å². The van der Waals surface area contributed by atoms with E-state index in [0.29, 0.717) is 0 Å². The Bertz CT molecular complexity index is 442. The highest BCUT2D eigenvalue weighted by atomic mass is 16.5. The molecule has 5 nitrogen and oxygen atoms in total. The van der Waals surface area contributed by atoms with Gasteiger partial charge in [-0.15, -0.1) is 0 Å². The first-order valence-corrected chi connectivity index (χ1v) is 5.87. The second-order valence-electron chi connectivity index (χ2n) is 3.82. The van der Waals surface area contributed by atoms with Gasteiger partial charge in [-0.2, -0.15) is 0 Å². The molecule has 1 aromatic carbocycles. The molecule has 19 heavy (non-hydrogen) atoms. The van der Waals surface area contributed by atoms with Gasteiger partial charge in [-0.25, -0.2) is 4.79 Å². The number of ether oxygens (including phenoxy) is 1. The average molecular weight is 263 g/mol. The van der Waals surface area contributed by atoms with Crippen molar-refractivity contribution in [2.24, 2.45) is 0 Å². The first-order valence-electron chi connectivity index (χ1n) is 5.87. The molecule has 0 heterocycles. The lowest BCUT2D eigenvalue weighted by Gasteiger charge is -2.13. The lowest BCUT2D eigenvalue weighted by Crippen LogP contribution is -2.31. The molecule has 1 aromatic rings. The van der Waals surface area contributed by atoms with E-state index in [1.54, 1.807) is 12.1 Å². The van der Waals surface area contributed by atoms with Gasteiger partial charge in [0, 0.05) is 12.6 Å². The largest absolute Gasteiger partial charge is 0.466 e. The van der Waals surface area contributed by atoms with Crippen LogP contribution in [0, 0.1) is 0 Å². The van der Waals surface area contributed by atoms with E-state index >= 15 is 0 Å². The smallest absolute Gasteiger partial charge is 0.330 e. The fraction of sp³-hybridized carbons (Fsp3) is 0.286. The Morgan fingerprint density at radius 2 is 2.05 bits per heavy atom. The second-order valence-corrected chi connectivity index (χ2v) is 3.82. The summed E-state index contributed by atoms with van der Waals surface area (Å²) in [5, 5.41) is 11.9. The predicted octanol–water partition coefficient (Wildman–Crippen LogP) is 0.608. The molecule has 0 bridgehead atoms. The SMILES string of the molecule is COC(=O)/C=C/CNC(=O)C(CO)c1ccccc1. The van der Waals surface area contributed by atoms with Crippen LogP contribution in [0.1, 0.15) is 11.5 Å². The zero-order chi connectivity index (χ0) is 14.1. The lowest BCUT2D eigenvalue weighted by atomic mass is 9.99. The van der Waals surface area contributed by atoms with E-state index in [1.165, 1.54) is 19.3 Å². The fourth-order valence-electron chi connectivity index (χ4n) is 1.53. The van der Waals surface area contributed by atoms with Crippen molar-refractivity contribution in [1.29, 1.82) is 0 Å². The van der Waals surface area contributed by atoms with Gasteiger partial charge in [0.05, 0.1) is 19.6 Å². The molecule has 0 spiro atoms. The van der Waals surface area contributed by atoms with Crippen molar-refractivity contribution >= 4 is 11.9 Å². The van der Waals surface area contributed by atoms with Gasteiger partial charge in [0.15, 0.2) is 0 Å². The van der Waals surface area contributed by atoms with E-state index < -0.39 is 11.9 Å². The molecule has 0 saturated carbocycles. The second kappa shape index (κ2) is 8.05. The Kier molecular flexibility index (Phi) is 6.32. The molecule has 0 aromatic heterocycles. The summed E-state index contributed by atoms with van der Waals surface area (Å²) in [6, 6.07) is 9.02. The number of benzene rings is 1. The minimum absolute atomic E-state index is 0.206. The number of methoxy groups -OCH3 is 1. The van der Waals surface area contributed by atoms with Gasteiger partial charge in [-0.1, -0.05) is 36.4 Å². The third-order valence-electron chi connectivity index (χ3n) is 2.55. The third-order valence-corrected chi connectivity index (χ3v) is 2.55. The molecular formula is C14H17NO4. The molecule has 1 atom stereocenters. The molecule has 2 N–H and O–H groups in total. The molecule has 0 aliphatic carbocycles. The van der Waals surface area contributed by atoms with Crippen LogP contribution >= 0.6 is 0 Å². The van der Waals surface area contributed by atoms with Crippen molar-refractivity contribution in [2.45, 2.75) is 5.92 Å². The van der Waals surface area contributed by atoms with Gasteiger partial charge < -0.3 is 15.2 Å². The molecule has 1 rings (SSSR count). The highest BCUT2D eigenvalue weighted by molar-refractivity contribution is 5.84. The monoisotopic (exact) mass is 263 g/mol. The summed E-state index contributed by atoms with van der Waals surface area (Å²) in [5.74, 6) is -1.37. The summed E-state index contributed by atoms with van der Waals surface area (Å²) in [6.07, 6.45) is 2.72. The predicted molar refractivity (Wildman–Crippen MR) is 70.4 cm³/mol. The van der Waals surface area contributed by atoms with Crippen LogP contribution in [0.5, 0.6) is 0 Å². The number of esters is 1. The first kappa shape index (κ1) is 14.9. The maximum atomic E-state index is 11.9. The highest BCUT2D eigenvalue weighted by Gasteiger charge is 2.18. The average Bonchev–Trinajstić information content (AvgIpc) is 2.45. The number of carbonyl (C=O) groups is 2. The van der Waals surface area contributed by atoms with Crippen LogP contribution in [0.3, 0.4) is 0 Å². The number of nitrogens with one attached hydrogen (secondary N) is 1. The van der Waals surface area contributed by atoms with E-state index in [4.69, 9.17) is 0 Å². The van der Waals surface area contributed by atoms with Gasteiger partial charge in [0.2, 0.25) is 5.91 Å². The van der Waals surface area contributed by atoms with E-state index in [2.05, 4.69) is 10.1 Å². The lowest BCUT2D eigenvalue weighted by molar-refractivity contribution is -0.134. The molecule has 0 saturated heterocycles. The van der Waals surface area contributed by atoms with Gasteiger partial charge >= 0.3 is 5.97 Å². The molecular weight excluding hydrogens is 246 g/mol. The number of carbonyl (C=O) groups excluding carboxylic acids is 2. The molecule has 0 aliphatic rings. The molecule has 0 aliphatic heterocycles. The number of aliphatic hydroxyl groups excluding tert-OH is 1. The normalized spacial score (nSPS) is 12.1. The van der Waals surface area contributed by atoms with Crippen molar-refractivity contribution in [2.75, 3.05) is 20.3 Å². The third kappa shape index (κ3) is 4.93. The Hall–Kier alpha value is -2.14. The minimum atomic E-state index is -0.604. The Labute approximate surface area is 111 Å². The Morgan fingerprint density at radius 3 is 2.63 bits per heavy atom. The van der Waals surface area contributed by atoms with Crippen LogP contribution in [0.4, 0.5) is 0 Å². The van der Waals surface area contributed by atoms with Crippen LogP contribution in [0.25, 0.3) is 0 Å². The van der Waals surface area contributed by atoms with Crippen molar-refractivity contribution in [3.8, 4) is 0 Å². The van der Waals surface area contributed by atoms with Gasteiger partial charge in [-0.3, -0.25) is 4.79 Å².